The van der Waals surface area contributed by atoms with E-state index >= 15 is 0 Å². The van der Waals surface area contributed by atoms with Crippen molar-refractivity contribution in [1.82, 2.24) is 0 Å². The normalized spacial score (nSPS) is 16.2. The lowest BCUT2D eigenvalue weighted by Gasteiger charge is -2.28. The molecule has 0 heterocycles. The molecule has 2 aromatic rings. The Hall–Kier alpha value is -2.11. The highest BCUT2D eigenvalue weighted by atomic mass is 31.2. The molecule has 1 unspecified atom stereocenters. The first kappa shape index (κ1) is 17.7. The highest BCUT2D eigenvalue weighted by molar-refractivity contribution is 7.98. The summed E-state index contributed by atoms with van der Waals surface area (Å²) in [5.74, 6) is 0. The van der Waals surface area contributed by atoms with Gasteiger partial charge < -0.3 is 0 Å². The van der Waals surface area contributed by atoms with Crippen LogP contribution in [0.3, 0.4) is 0 Å². The maximum atomic E-state index is 13.8. The molecule has 25 heavy (non-hydrogen) atoms. The third-order valence-corrected chi connectivity index (χ3v) is 8.16. The Morgan fingerprint density at radius 1 is 1.00 bits per heavy atom. The van der Waals surface area contributed by atoms with E-state index in [9.17, 15) is 4.79 Å². The Morgan fingerprint density at radius 3 is 2.20 bits per heavy atom. The van der Waals surface area contributed by atoms with Crippen LogP contribution in [0.2, 0.25) is 0 Å². The van der Waals surface area contributed by atoms with Crippen LogP contribution in [0.4, 0.5) is 0 Å². The van der Waals surface area contributed by atoms with Crippen molar-refractivity contribution in [1.29, 1.82) is 0 Å². The standard InChI is InChI=1S/C23H25OP/c1-17-15-18(2)22(19(3)16-17)23(24)25(4,20-11-7-5-8-12-20)21-13-9-6-10-14-21/h5,7-9,11-16H,4,6,10H2,1-3H3. The molecule has 0 saturated heterocycles. The van der Waals surface area contributed by atoms with Crippen LogP contribution in [0.15, 0.2) is 66.0 Å². The third kappa shape index (κ3) is 3.22. The fourth-order valence-electron chi connectivity index (χ4n) is 3.66. The highest BCUT2D eigenvalue weighted by Gasteiger charge is 2.32. The number of hydrogen-bond acceptors (Lipinski definition) is 1. The molecule has 3 rings (SSSR count). The predicted octanol–water partition coefficient (Wildman–Crippen LogP) is 5.76. The molecule has 0 saturated carbocycles. The van der Waals surface area contributed by atoms with Crippen LogP contribution >= 0.6 is 6.89 Å². The molecular formula is C23H25OP. The largest absolute Gasteiger partial charge is 0.288 e. The first-order valence-corrected chi connectivity index (χ1v) is 10.7. The zero-order chi connectivity index (χ0) is 18.0. The van der Waals surface area contributed by atoms with Crippen LogP contribution in [0.25, 0.3) is 0 Å². The van der Waals surface area contributed by atoms with E-state index in [0.717, 1.165) is 40.2 Å². The first-order chi connectivity index (χ1) is 11.9. The summed E-state index contributed by atoms with van der Waals surface area (Å²) in [5, 5.41) is 2.16. The van der Waals surface area contributed by atoms with Gasteiger partial charge in [-0.15, -0.1) is 0 Å². The zero-order valence-corrected chi connectivity index (χ0v) is 16.1. The molecule has 0 spiro atoms. The molecule has 2 heteroatoms. The summed E-state index contributed by atoms with van der Waals surface area (Å²) in [6, 6.07) is 14.3. The van der Waals surface area contributed by atoms with Gasteiger partial charge in [0.05, 0.1) is 0 Å². The Balaban J connectivity index is 2.23. The average molecular weight is 348 g/mol. The minimum atomic E-state index is -2.39. The molecule has 1 atom stereocenters. The monoisotopic (exact) mass is 348 g/mol. The van der Waals surface area contributed by atoms with Gasteiger partial charge in [0.15, 0.2) is 5.52 Å². The van der Waals surface area contributed by atoms with Gasteiger partial charge in [-0.3, -0.25) is 4.79 Å². The predicted molar refractivity (Wildman–Crippen MR) is 112 cm³/mol. The lowest BCUT2D eigenvalue weighted by molar-refractivity contribution is 0.108. The number of carbonyl (C=O) groups is 1. The van der Waals surface area contributed by atoms with E-state index in [4.69, 9.17) is 0 Å². The molecule has 0 bridgehead atoms. The molecule has 1 aliphatic rings. The maximum absolute atomic E-state index is 13.8. The molecule has 0 aromatic heterocycles. The SMILES string of the molecule is C=P(C(=O)c1c(C)cc(C)cc1C)(C1=CCCC=C1)c1ccccc1. The smallest absolute Gasteiger partial charge is 0.192 e. The second kappa shape index (κ2) is 7.02. The van der Waals surface area contributed by atoms with E-state index in [0.29, 0.717) is 0 Å². The molecule has 0 aliphatic heterocycles. The number of carbonyl (C=O) groups excluding carboxylic acids is 1. The van der Waals surface area contributed by atoms with Crippen molar-refractivity contribution in [3.8, 4) is 0 Å². The summed E-state index contributed by atoms with van der Waals surface area (Å²) in [6.07, 6.45) is 13.1. The van der Waals surface area contributed by atoms with Gasteiger partial charge in [0, 0.05) is 12.4 Å². The Kier molecular flexibility index (Phi) is 4.97. The molecule has 0 fully saturated rings. The van der Waals surface area contributed by atoms with E-state index in [1.807, 2.05) is 32.0 Å². The third-order valence-electron chi connectivity index (χ3n) is 4.85. The molecule has 1 nitrogen and oxygen atoms in total. The zero-order valence-electron chi connectivity index (χ0n) is 15.3. The van der Waals surface area contributed by atoms with Crippen LogP contribution < -0.4 is 5.30 Å². The number of allylic oxidation sites excluding steroid dienone is 4. The number of benzene rings is 2. The van der Waals surface area contributed by atoms with E-state index in [1.54, 1.807) is 0 Å². The molecule has 0 radical (unpaired) electrons. The molecule has 2 aromatic carbocycles. The Morgan fingerprint density at radius 2 is 1.64 bits per heavy atom. The average Bonchev–Trinajstić information content (AvgIpc) is 2.61. The van der Waals surface area contributed by atoms with Crippen LogP contribution in [0.5, 0.6) is 0 Å². The lowest BCUT2D eigenvalue weighted by Crippen LogP contribution is -2.17. The molecule has 128 valence electrons. The van der Waals surface area contributed by atoms with Crippen LogP contribution in [0, 0.1) is 20.8 Å². The van der Waals surface area contributed by atoms with Crippen LogP contribution in [0.1, 0.15) is 39.9 Å². The van der Waals surface area contributed by atoms with Gasteiger partial charge in [-0.2, -0.15) is 0 Å². The first-order valence-electron chi connectivity index (χ1n) is 8.73. The van der Waals surface area contributed by atoms with Crippen molar-refractivity contribution < 1.29 is 4.79 Å². The summed E-state index contributed by atoms with van der Waals surface area (Å²) in [4.78, 5) is 13.8. The fourth-order valence-corrected chi connectivity index (χ4v) is 6.64. The van der Waals surface area contributed by atoms with Crippen molar-refractivity contribution in [2.75, 3.05) is 0 Å². The second-order valence-electron chi connectivity index (χ2n) is 6.83. The summed E-state index contributed by atoms with van der Waals surface area (Å²) in [7, 11) is 0. The summed E-state index contributed by atoms with van der Waals surface area (Å²) < 4.78 is 0. The number of aryl methyl sites for hydroxylation is 3. The van der Waals surface area contributed by atoms with Crippen LogP contribution in [-0.2, 0) is 0 Å². The van der Waals surface area contributed by atoms with Gasteiger partial charge in [0.2, 0.25) is 0 Å². The Bertz CT molecular complexity index is 893. The maximum Gasteiger partial charge on any atom is 0.192 e. The van der Waals surface area contributed by atoms with E-state index in [1.165, 1.54) is 5.56 Å². The van der Waals surface area contributed by atoms with Crippen LogP contribution in [-0.4, -0.2) is 11.8 Å². The number of hydrogen-bond donors (Lipinski definition) is 0. The van der Waals surface area contributed by atoms with Gasteiger partial charge in [-0.25, -0.2) is 0 Å². The van der Waals surface area contributed by atoms with E-state index in [-0.39, 0.29) is 5.52 Å². The fraction of sp³-hybridized carbons (Fsp3) is 0.217. The van der Waals surface area contributed by atoms with Crippen molar-refractivity contribution in [3.05, 3.63) is 88.3 Å². The van der Waals surface area contributed by atoms with Crippen molar-refractivity contribution in [3.63, 3.8) is 0 Å². The van der Waals surface area contributed by atoms with Crippen molar-refractivity contribution in [2.45, 2.75) is 33.6 Å². The molecular weight excluding hydrogens is 323 g/mol. The van der Waals surface area contributed by atoms with Gasteiger partial charge >= 0.3 is 0 Å². The lowest BCUT2D eigenvalue weighted by atomic mass is 10.0. The topological polar surface area (TPSA) is 17.1 Å². The molecule has 0 amide bonds. The van der Waals surface area contributed by atoms with Gasteiger partial charge in [0.25, 0.3) is 0 Å². The van der Waals surface area contributed by atoms with Gasteiger partial charge in [-0.1, -0.05) is 72.6 Å². The number of rotatable bonds is 4. The van der Waals surface area contributed by atoms with E-state index in [2.05, 4.69) is 55.7 Å². The van der Waals surface area contributed by atoms with Gasteiger partial charge in [-0.05, 0) is 55.4 Å². The highest BCUT2D eigenvalue weighted by Crippen LogP contribution is 2.56. The molecule has 0 N–H and O–H groups in total. The van der Waals surface area contributed by atoms with E-state index < -0.39 is 6.89 Å². The minimum absolute atomic E-state index is 0.187. The summed E-state index contributed by atoms with van der Waals surface area (Å²) in [6.45, 7) is 3.75. The summed E-state index contributed by atoms with van der Waals surface area (Å²) in [5.41, 5.74) is 4.32. The quantitative estimate of drug-likeness (QED) is 0.642. The van der Waals surface area contributed by atoms with Crippen molar-refractivity contribution in [2.24, 2.45) is 0 Å². The van der Waals surface area contributed by atoms with Crippen molar-refractivity contribution >= 4 is 24.0 Å². The molecule has 1 aliphatic carbocycles. The van der Waals surface area contributed by atoms with Gasteiger partial charge in [0.1, 0.15) is 0 Å². The summed E-state index contributed by atoms with van der Waals surface area (Å²) >= 11 is 0. The minimum Gasteiger partial charge on any atom is -0.288 e. The Labute approximate surface area is 151 Å². The second-order valence-corrected chi connectivity index (χ2v) is 9.89.